The summed E-state index contributed by atoms with van der Waals surface area (Å²) < 4.78 is 0. The van der Waals surface area contributed by atoms with Crippen LogP contribution in [-0.4, -0.2) is 5.91 Å². The molecule has 2 N–H and O–H groups in total. The van der Waals surface area contributed by atoms with Crippen LogP contribution >= 0.6 is 0 Å². The van der Waals surface area contributed by atoms with Crippen LogP contribution in [0.25, 0.3) is 11.1 Å². The van der Waals surface area contributed by atoms with Crippen molar-refractivity contribution in [1.82, 2.24) is 0 Å². The molecule has 2 aromatic rings. The lowest BCUT2D eigenvalue weighted by atomic mass is 9.97. The van der Waals surface area contributed by atoms with Gasteiger partial charge in [0.1, 0.15) is 0 Å². The van der Waals surface area contributed by atoms with Crippen molar-refractivity contribution in [2.75, 3.05) is 0 Å². The Morgan fingerprint density at radius 2 is 1.75 bits per heavy atom. The number of nitrogens with two attached hydrogens (primary N) is 1. The van der Waals surface area contributed by atoms with Crippen molar-refractivity contribution in [2.45, 2.75) is 6.92 Å². The molecule has 2 heteroatoms. The van der Waals surface area contributed by atoms with Crippen molar-refractivity contribution in [3.63, 3.8) is 0 Å². The molecule has 0 bridgehead atoms. The van der Waals surface area contributed by atoms with E-state index >= 15 is 0 Å². The highest BCUT2D eigenvalue weighted by Gasteiger charge is 2.09. The second-order valence-corrected chi connectivity index (χ2v) is 3.78. The van der Waals surface area contributed by atoms with Crippen LogP contribution < -0.4 is 5.73 Å². The summed E-state index contributed by atoms with van der Waals surface area (Å²) in [6.07, 6.45) is 0. The van der Waals surface area contributed by atoms with Gasteiger partial charge in [0.2, 0.25) is 5.91 Å². The highest BCUT2D eigenvalue weighted by atomic mass is 16.1. The molecule has 0 aliphatic heterocycles. The van der Waals surface area contributed by atoms with Gasteiger partial charge in [-0.15, -0.1) is 0 Å². The lowest BCUT2D eigenvalue weighted by Crippen LogP contribution is -2.12. The molecule has 0 unspecified atom stereocenters. The van der Waals surface area contributed by atoms with Crippen LogP contribution in [0.1, 0.15) is 15.9 Å². The Kier molecular flexibility index (Phi) is 2.73. The zero-order valence-corrected chi connectivity index (χ0v) is 9.10. The molecule has 0 atom stereocenters. The molecule has 0 fully saturated rings. The number of hydrogen-bond acceptors (Lipinski definition) is 1. The molecule has 2 rings (SSSR count). The Hall–Kier alpha value is -2.09. The summed E-state index contributed by atoms with van der Waals surface area (Å²) in [5.41, 5.74) is 8.95. The van der Waals surface area contributed by atoms with Gasteiger partial charge in [0.15, 0.2) is 0 Å². The first-order valence-electron chi connectivity index (χ1n) is 5.14. The van der Waals surface area contributed by atoms with E-state index in [9.17, 15) is 4.79 Å². The Morgan fingerprint density at radius 3 is 2.38 bits per heavy atom. The van der Waals surface area contributed by atoms with Crippen LogP contribution in [0.5, 0.6) is 0 Å². The van der Waals surface area contributed by atoms with Gasteiger partial charge in [0.05, 0.1) is 0 Å². The largest absolute Gasteiger partial charge is 0.366 e. The maximum absolute atomic E-state index is 11.3. The molecular weight excluding hydrogens is 198 g/mol. The van der Waals surface area contributed by atoms with Crippen molar-refractivity contribution >= 4 is 5.91 Å². The van der Waals surface area contributed by atoms with E-state index in [0.29, 0.717) is 5.56 Å². The molecule has 80 valence electrons. The summed E-state index contributed by atoms with van der Waals surface area (Å²) in [6.45, 7) is 2.00. The highest BCUT2D eigenvalue weighted by molar-refractivity contribution is 5.99. The van der Waals surface area contributed by atoms with Crippen LogP contribution in [-0.2, 0) is 0 Å². The fourth-order valence-electron chi connectivity index (χ4n) is 1.73. The zero-order chi connectivity index (χ0) is 11.5. The molecule has 0 radical (unpaired) electrons. The van der Waals surface area contributed by atoms with E-state index in [1.807, 2.05) is 49.4 Å². The topological polar surface area (TPSA) is 43.1 Å². The number of primary amides is 1. The monoisotopic (exact) mass is 211 g/mol. The first kappa shape index (κ1) is 10.4. The van der Waals surface area contributed by atoms with Crippen LogP contribution in [0.3, 0.4) is 0 Å². The second kappa shape index (κ2) is 4.19. The van der Waals surface area contributed by atoms with E-state index in [-0.39, 0.29) is 5.91 Å². The average Bonchev–Trinajstić information content (AvgIpc) is 2.29. The third-order valence-electron chi connectivity index (χ3n) is 2.53. The molecule has 0 aromatic heterocycles. The van der Waals surface area contributed by atoms with Crippen LogP contribution in [0.4, 0.5) is 0 Å². The number of rotatable bonds is 2. The normalized spacial score (nSPS) is 10.1. The molecule has 0 heterocycles. The predicted molar refractivity (Wildman–Crippen MR) is 65.1 cm³/mol. The Morgan fingerprint density at radius 1 is 1.06 bits per heavy atom. The minimum Gasteiger partial charge on any atom is -0.366 e. The van der Waals surface area contributed by atoms with Gasteiger partial charge in [0, 0.05) is 5.56 Å². The predicted octanol–water partition coefficient (Wildman–Crippen LogP) is 2.76. The van der Waals surface area contributed by atoms with Crippen LogP contribution in [0.15, 0.2) is 48.5 Å². The van der Waals surface area contributed by atoms with Gasteiger partial charge in [-0.3, -0.25) is 4.79 Å². The van der Waals surface area contributed by atoms with E-state index in [1.165, 1.54) is 0 Å². The van der Waals surface area contributed by atoms with Crippen LogP contribution in [0.2, 0.25) is 0 Å². The Bertz CT molecular complexity index is 518. The molecule has 0 aliphatic rings. The molecule has 0 spiro atoms. The fourth-order valence-corrected chi connectivity index (χ4v) is 1.73. The van der Waals surface area contributed by atoms with Crippen LogP contribution in [0, 0.1) is 6.92 Å². The van der Waals surface area contributed by atoms with Gasteiger partial charge in [-0.1, -0.05) is 48.0 Å². The van der Waals surface area contributed by atoms with E-state index in [2.05, 4.69) is 0 Å². The second-order valence-electron chi connectivity index (χ2n) is 3.78. The molecule has 2 nitrogen and oxygen atoms in total. The maximum atomic E-state index is 11.3. The molecule has 0 saturated carbocycles. The highest BCUT2D eigenvalue weighted by Crippen LogP contribution is 2.24. The first-order chi connectivity index (χ1) is 7.68. The number of aryl methyl sites for hydroxylation is 1. The number of carbonyl (C=O) groups excluding carboxylic acids is 1. The summed E-state index contributed by atoms with van der Waals surface area (Å²) in [4.78, 5) is 11.3. The number of carbonyl (C=O) groups is 1. The van der Waals surface area contributed by atoms with Gasteiger partial charge >= 0.3 is 0 Å². The van der Waals surface area contributed by atoms with Gasteiger partial charge < -0.3 is 5.73 Å². The third kappa shape index (κ3) is 1.96. The van der Waals surface area contributed by atoms with Gasteiger partial charge in [-0.05, 0) is 24.1 Å². The van der Waals surface area contributed by atoms with Gasteiger partial charge in [-0.2, -0.15) is 0 Å². The zero-order valence-electron chi connectivity index (χ0n) is 9.10. The van der Waals surface area contributed by atoms with Crippen molar-refractivity contribution in [3.8, 4) is 11.1 Å². The molecular formula is C14H13NO. The molecule has 16 heavy (non-hydrogen) atoms. The molecule has 0 aliphatic carbocycles. The minimum absolute atomic E-state index is 0.390. The number of amides is 1. The van der Waals surface area contributed by atoms with Gasteiger partial charge in [-0.25, -0.2) is 0 Å². The number of benzene rings is 2. The van der Waals surface area contributed by atoms with E-state index in [0.717, 1.165) is 16.7 Å². The Balaban J connectivity index is 2.63. The smallest absolute Gasteiger partial charge is 0.249 e. The summed E-state index contributed by atoms with van der Waals surface area (Å²) in [5.74, 6) is -0.390. The van der Waals surface area contributed by atoms with E-state index in [4.69, 9.17) is 5.73 Å². The number of hydrogen-bond donors (Lipinski definition) is 1. The van der Waals surface area contributed by atoms with E-state index in [1.54, 1.807) is 6.07 Å². The summed E-state index contributed by atoms with van der Waals surface area (Å²) >= 11 is 0. The summed E-state index contributed by atoms with van der Waals surface area (Å²) in [6, 6.07) is 15.4. The average molecular weight is 211 g/mol. The molecule has 1 amide bonds. The van der Waals surface area contributed by atoms with E-state index < -0.39 is 0 Å². The standard InChI is InChI=1S/C14H13NO/c1-10-7-8-12(14(15)16)13(9-10)11-5-3-2-4-6-11/h2-9H,1H3,(H2,15,16). The lowest BCUT2D eigenvalue weighted by molar-refractivity contribution is 0.100. The first-order valence-corrected chi connectivity index (χ1v) is 5.14. The fraction of sp³-hybridized carbons (Fsp3) is 0.0714. The van der Waals surface area contributed by atoms with Crippen molar-refractivity contribution in [2.24, 2.45) is 5.73 Å². The quantitative estimate of drug-likeness (QED) is 0.815. The third-order valence-corrected chi connectivity index (χ3v) is 2.53. The summed E-state index contributed by atoms with van der Waals surface area (Å²) in [5, 5.41) is 0. The SMILES string of the molecule is Cc1ccc(C(N)=O)c(-c2ccccc2)c1. The summed E-state index contributed by atoms with van der Waals surface area (Å²) in [7, 11) is 0. The maximum Gasteiger partial charge on any atom is 0.249 e. The molecule has 2 aromatic carbocycles. The van der Waals surface area contributed by atoms with Crippen molar-refractivity contribution in [1.29, 1.82) is 0 Å². The molecule has 0 saturated heterocycles. The Labute approximate surface area is 94.7 Å². The van der Waals surface area contributed by atoms with Crippen molar-refractivity contribution < 1.29 is 4.79 Å². The van der Waals surface area contributed by atoms with Gasteiger partial charge in [0.25, 0.3) is 0 Å². The minimum atomic E-state index is -0.390. The lowest BCUT2D eigenvalue weighted by Gasteiger charge is -2.07. The van der Waals surface area contributed by atoms with Crippen molar-refractivity contribution in [3.05, 3.63) is 59.7 Å².